The van der Waals surface area contributed by atoms with Crippen molar-refractivity contribution in [1.82, 2.24) is 5.32 Å². The summed E-state index contributed by atoms with van der Waals surface area (Å²) >= 11 is 1.51. The number of fused-ring (bicyclic) bond motifs is 1. The number of amides is 1. The van der Waals surface area contributed by atoms with E-state index in [4.69, 9.17) is 0 Å². The molecule has 3 N–H and O–H groups in total. The molecule has 0 spiro atoms. The first kappa shape index (κ1) is 15.7. The second-order valence-electron chi connectivity index (χ2n) is 5.30. The Kier molecular flexibility index (Phi) is 4.75. The quantitative estimate of drug-likeness (QED) is 0.793. The standard InChI is InChI=1S/C16H19NO3S/c1-16(20,10-21-2)9-17-15(19)13-8-7-11-5-3-4-6-12(11)14(13)18/h3-8,18,20H,9-10H2,1-2H3,(H,17,19). The van der Waals surface area contributed by atoms with Gasteiger partial charge in [-0.2, -0.15) is 11.8 Å². The van der Waals surface area contributed by atoms with Crippen LogP contribution in [-0.2, 0) is 0 Å². The van der Waals surface area contributed by atoms with Crippen molar-refractivity contribution in [3.8, 4) is 5.75 Å². The van der Waals surface area contributed by atoms with E-state index in [-0.39, 0.29) is 23.8 Å². The fraction of sp³-hybridized carbons (Fsp3) is 0.312. The largest absolute Gasteiger partial charge is 0.506 e. The molecule has 112 valence electrons. The van der Waals surface area contributed by atoms with Crippen molar-refractivity contribution in [1.29, 1.82) is 0 Å². The highest BCUT2D eigenvalue weighted by molar-refractivity contribution is 7.98. The van der Waals surface area contributed by atoms with E-state index in [1.807, 2.05) is 24.5 Å². The summed E-state index contributed by atoms with van der Waals surface area (Å²) in [4.78, 5) is 12.2. The monoisotopic (exact) mass is 305 g/mol. The van der Waals surface area contributed by atoms with Crippen molar-refractivity contribution in [3.05, 3.63) is 42.0 Å². The highest BCUT2D eigenvalue weighted by atomic mass is 32.2. The van der Waals surface area contributed by atoms with Crippen LogP contribution in [0.15, 0.2) is 36.4 Å². The molecule has 1 amide bonds. The minimum Gasteiger partial charge on any atom is -0.506 e. The van der Waals surface area contributed by atoms with Gasteiger partial charge in [-0.15, -0.1) is 0 Å². The van der Waals surface area contributed by atoms with Gasteiger partial charge >= 0.3 is 0 Å². The molecule has 0 bridgehead atoms. The van der Waals surface area contributed by atoms with Gasteiger partial charge in [-0.3, -0.25) is 4.79 Å². The minimum atomic E-state index is -0.971. The third-order valence-corrected chi connectivity index (χ3v) is 4.14. The molecule has 1 atom stereocenters. The highest BCUT2D eigenvalue weighted by Gasteiger charge is 2.22. The summed E-state index contributed by atoms with van der Waals surface area (Å²) in [7, 11) is 0. The number of phenols is 1. The predicted octanol–water partition coefficient (Wildman–Crippen LogP) is 2.39. The zero-order valence-electron chi connectivity index (χ0n) is 12.1. The zero-order valence-corrected chi connectivity index (χ0v) is 12.9. The third-order valence-electron chi connectivity index (χ3n) is 3.23. The lowest BCUT2D eigenvalue weighted by Gasteiger charge is -2.22. The van der Waals surface area contributed by atoms with E-state index in [1.54, 1.807) is 25.1 Å². The molecule has 5 heteroatoms. The van der Waals surface area contributed by atoms with E-state index < -0.39 is 5.60 Å². The van der Waals surface area contributed by atoms with E-state index >= 15 is 0 Å². The summed E-state index contributed by atoms with van der Waals surface area (Å²) < 4.78 is 0. The smallest absolute Gasteiger partial charge is 0.255 e. The number of aromatic hydroxyl groups is 1. The molecule has 2 aromatic rings. The fourth-order valence-corrected chi connectivity index (χ4v) is 2.89. The number of carbonyl (C=O) groups is 1. The van der Waals surface area contributed by atoms with Gasteiger partial charge in [-0.05, 0) is 24.6 Å². The van der Waals surface area contributed by atoms with Crippen LogP contribution in [0.25, 0.3) is 10.8 Å². The number of hydrogen-bond acceptors (Lipinski definition) is 4. The summed E-state index contributed by atoms with van der Waals surface area (Å²) in [5.74, 6) is 0.103. The maximum atomic E-state index is 12.2. The molecule has 21 heavy (non-hydrogen) atoms. The number of nitrogens with one attached hydrogen (secondary N) is 1. The lowest BCUT2D eigenvalue weighted by Crippen LogP contribution is -2.42. The third kappa shape index (κ3) is 3.68. The van der Waals surface area contributed by atoms with Crippen LogP contribution < -0.4 is 5.32 Å². The van der Waals surface area contributed by atoms with Crippen LogP contribution >= 0.6 is 11.8 Å². The first-order valence-corrected chi connectivity index (χ1v) is 8.04. The average molecular weight is 305 g/mol. The second kappa shape index (κ2) is 6.37. The summed E-state index contributed by atoms with van der Waals surface area (Å²) in [5, 5.41) is 24.5. The number of aliphatic hydroxyl groups is 1. The van der Waals surface area contributed by atoms with Crippen molar-refractivity contribution in [3.63, 3.8) is 0 Å². The van der Waals surface area contributed by atoms with Gasteiger partial charge < -0.3 is 15.5 Å². The Morgan fingerprint density at radius 1 is 1.29 bits per heavy atom. The molecule has 0 radical (unpaired) electrons. The molecule has 2 aromatic carbocycles. The van der Waals surface area contributed by atoms with Gasteiger partial charge in [0.15, 0.2) is 0 Å². The van der Waals surface area contributed by atoms with Gasteiger partial charge in [0.2, 0.25) is 0 Å². The summed E-state index contributed by atoms with van der Waals surface area (Å²) in [6.45, 7) is 1.81. The van der Waals surface area contributed by atoms with E-state index in [9.17, 15) is 15.0 Å². The van der Waals surface area contributed by atoms with Crippen molar-refractivity contribution >= 4 is 28.4 Å². The molecule has 4 nitrogen and oxygen atoms in total. The van der Waals surface area contributed by atoms with Gasteiger partial charge in [0.25, 0.3) is 5.91 Å². The second-order valence-corrected chi connectivity index (χ2v) is 6.16. The number of phenolic OH excluding ortho intramolecular Hbond substituents is 1. The Balaban J connectivity index is 2.18. The van der Waals surface area contributed by atoms with Crippen molar-refractivity contribution in [2.24, 2.45) is 0 Å². The van der Waals surface area contributed by atoms with Gasteiger partial charge in [-0.25, -0.2) is 0 Å². The van der Waals surface area contributed by atoms with E-state index in [2.05, 4.69) is 5.32 Å². The van der Waals surface area contributed by atoms with Crippen LogP contribution in [0.5, 0.6) is 5.75 Å². The molecule has 0 saturated heterocycles. The van der Waals surface area contributed by atoms with Crippen LogP contribution in [0.4, 0.5) is 0 Å². The van der Waals surface area contributed by atoms with Crippen LogP contribution in [-0.4, -0.2) is 40.3 Å². The van der Waals surface area contributed by atoms with E-state index in [0.29, 0.717) is 11.1 Å². The Hall–Kier alpha value is -1.72. The molecule has 0 aromatic heterocycles. The topological polar surface area (TPSA) is 69.6 Å². The minimum absolute atomic E-state index is 0.0323. The van der Waals surface area contributed by atoms with Crippen molar-refractivity contribution in [2.45, 2.75) is 12.5 Å². The molecule has 0 saturated carbocycles. The highest BCUT2D eigenvalue weighted by Crippen LogP contribution is 2.28. The number of rotatable bonds is 5. The molecule has 2 rings (SSSR count). The lowest BCUT2D eigenvalue weighted by atomic mass is 10.0. The van der Waals surface area contributed by atoms with Crippen LogP contribution in [0.2, 0.25) is 0 Å². The molecule has 0 aliphatic rings. The molecular formula is C16H19NO3S. The normalized spacial score (nSPS) is 13.9. The Bertz CT molecular complexity index is 655. The zero-order chi connectivity index (χ0) is 15.5. The van der Waals surface area contributed by atoms with Crippen LogP contribution in [0.1, 0.15) is 17.3 Å². The Morgan fingerprint density at radius 2 is 2.00 bits per heavy atom. The van der Waals surface area contributed by atoms with E-state index in [1.165, 1.54) is 11.8 Å². The molecule has 0 aliphatic carbocycles. The number of hydrogen-bond donors (Lipinski definition) is 3. The molecule has 0 fully saturated rings. The van der Waals surface area contributed by atoms with Crippen molar-refractivity contribution in [2.75, 3.05) is 18.6 Å². The van der Waals surface area contributed by atoms with Gasteiger partial charge in [0.05, 0.1) is 11.2 Å². The molecule has 0 aliphatic heterocycles. The van der Waals surface area contributed by atoms with Gasteiger partial charge in [0.1, 0.15) is 5.75 Å². The Labute approximate surface area is 128 Å². The van der Waals surface area contributed by atoms with Crippen molar-refractivity contribution < 1.29 is 15.0 Å². The van der Waals surface area contributed by atoms with Crippen LogP contribution in [0.3, 0.4) is 0 Å². The molecule has 1 unspecified atom stereocenters. The predicted molar refractivity (Wildman–Crippen MR) is 87.0 cm³/mol. The lowest BCUT2D eigenvalue weighted by molar-refractivity contribution is 0.0723. The number of thioether (sulfide) groups is 1. The average Bonchev–Trinajstić information content (AvgIpc) is 2.45. The molecule has 0 heterocycles. The van der Waals surface area contributed by atoms with Gasteiger partial charge in [0, 0.05) is 17.7 Å². The first-order chi connectivity index (χ1) is 9.94. The van der Waals surface area contributed by atoms with Gasteiger partial charge in [-0.1, -0.05) is 30.3 Å². The Morgan fingerprint density at radius 3 is 2.71 bits per heavy atom. The summed E-state index contributed by atoms with van der Waals surface area (Å²) in [6.07, 6.45) is 1.89. The summed E-state index contributed by atoms with van der Waals surface area (Å²) in [5.41, 5.74) is -0.754. The number of carbonyl (C=O) groups excluding carboxylic acids is 1. The maximum absolute atomic E-state index is 12.2. The summed E-state index contributed by atoms with van der Waals surface area (Å²) in [6, 6.07) is 10.7. The van der Waals surface area contributed by atoms with Crippen LogP contribution in [0, 0.1) is 0 Å². The SMILES string of the molecule is CSCC(C)(O)CNC(=O)c1ccc2ccccc2c1O. The first-order valence-electron chi connectivity index (χ1n) is 6.65. The number of benzene rings is 2. The fourth-order valence-electron chi connectivity index (χ4n) is 2.17. The maximum Gasteiger partial charge on any atom is 0.255 e. The molecular weight excluding hydrogens is 286 g/mol. The van der Waals surface area contributed by atoms with E-state index in [0.717, 1.165) is 5.39 Å².